The number of hydrogen-bond donors (Lipinski definition) is 3. The molecule has 0 spiro atoms. The highest BCUT2D eigenvalue weighted by molar-refractivity contribution is 6.28. The summed E-state index contributed by atoms with van der Waals surface area (Å²) in [5.74, 6) is -1.52. The number of phenols is 1. The van der Waals surface area contributed by atoms with Crippen LogP contribution in [0.1, 0.15) is 0 Å². The lowest BCUT2D eigenvalue weighted by molar-refractivity contribution is 0.326. The van der Waals surface area contributed by atoms with Crippen LogP contribution in [0.3, 0.4) is 0 Å². The maximum absolute atomic E-state index is 12.4. The second-order valence-corrected chi connectivity index (χ2v) is 6.01. The number of furan rings is 1. The summed E-state index contributed by atoms with van der Waals surface area (Å²) < 4.78 is 4.88. The van der Waals surface area contributed by atoms with E-state index in [1.807, 2.05) is 0 Å². The molecule has 7 nitrogen and oxygen atoms in total. The van der Waals surface area contributed by atoms with Gasteiger partial charge in [-0.05, 0) is 12.1 Å². The molecular formula is C19H9NO6. The normalized spacial score (nSPS) is 11.8. The van der Waals surface area contributed by atoms with Crippen molar-refractivity contribution in [3.05, 3.63) is 57.0 Å². The number of phenolic OH excluding ortho intramolecular Hbond substituents is 1. The van der Waals surface area contributed by atoms with Gasteiger partial charge in [0.05, 0.1) is 16.3 Å². The van der Waals surface area contributed by atoms with Crippen LogP contribution in [0.2, 0.25) is 0 Å². The van der Waals surface area contributed by atoms with Crippen LogP contribution in [0.25, 0.3) is 43.4 Å². The zero-order chi connectivity index (χ0) is 18.2. The number of nitrogens with zero attached hydrogens (tertiary/aromatic N) is 1. The summed E-state index contributed by atoms with van der Waals surface area (Å²) in [5.41, 5.74) is -0.890. The molecule has 0 saturated heterocycles. The minimum absolute atomic E-state index is 0.0357. The van der Waals surface area contributed by atoms with E-state index in [0.717, 1.165) is 12.1 Å². The van der Waals surface area contributed by atoms with Crippen molar-refractivity contribution >= 4 is 43.4 Å². The first-order valence-electron chi connectivity index (χ1n) is 7.67. The van der Waals surface area contributed by atoms with Crippen LogP contribution in [0, 0.1) is 0 Å². The molecule has 2 heterocycles. The molecule has 0 atom stereocenters. The first-order valence-corrected chi connectivity index (χ1v) is 7.67. The number of para-hydroxylation sites is 1. The molecule has 0 aliphatic heterocycles. The highest BCUT2D eigenvalue weighted by Gasteiger charge is 2.23. The maximum atomic E-state index is 12.4. The van der Waals surface area contributed by atoms with Gasteiger partial charge in [0.2, 0.25) is 5.43 Å². The number of rotatable bonds is 0. The van der Waals surface area contributed by atoms with E-state index in [4.69, 9.17) is 4.42 Å². The van der Waals surface area contributed by atoms with Crippen LogP contribution in [0.4, 0.5) is 0 Å². The molecule has 0 saturated carbocycles. The second-order valence-electron chi connectivity index (χ2n) is 6.01. The van der Waals surface area contributed by atoms with Crippen LogP contribution < -0.4 is 11.1 Å². The van der Waals surface area contributed by atoms with Crippen molar-refractivity contribution in [2.24, 2.45) is 0 Å². The van der Waals surface area contributed by atoms with E-state index in [-0.39, 0.29) is 32.8 Å². The second kappa shape index (κ2) is 4.60. The fourth-order valence-corrected chi connectivity index (χ4v) is 3.48. The fourth-order valence-electron chi connectivity index (χ4n) is 3.48. The lowest BCUT2D eigenvalue weighted by atomic mass is 10.1. The Kier molecular flexibility index (Phi) is 2.56. The largest absolute Gasteiger partial charge is 0.505 e. The van der Waals surface area contributed by atoms with Crippen LogP contribution in [-0.4, -0.2) is 20.3 Å². The molecule has 0 unspecified atom stereocenters. The summed E-state index contributed by atoms with van der Waals surface area (Å²) in [6.07, 6.45) is 0. The smallest absolute Gasteiger partial charge is 0.347 e. The molecule has 2 aromatic heterocycles. The Labute approximate surface area is 143 Å². The van der Waals surface area contributed by atoms with Gasteiger partial charge in [0.15, 0.2) is 5.75 Å². The molecule has 26 heavy (non-hydrogen) atoms. The summed E-state index contributed by atoms with van der Waals surface area (Å²) in [7, 11) is 0. The molecule has 7 heteroatoms. The highest BCUT2D eigenvalue weighted by atomic mass is 16.5. The van der Waals surface area contributed by atoms with Crippen molar-refractivity contribution in [2.45, 2.75) is 0 Å². The van der Waals surface area contributed by atoms with Crippen molar-refractivity contribution in [1.29, 1.82) is 0 Å². The molecule has 3 aromatic carbocycles. The van der Waals surface area contributed by atoms with Crippen LogP contribution in [0.15, 0.2) is 50.4 Å². The predicted molar refractivity (Wildman–Crippen MR) is 95.2 cm³/mol. The average Bonchev–Trinajstić information content (AvgIpc) is 3.09. The molecule has 3 N–H and O–H groups in total. The van der Waals surface area contributed by atoms with Gasteiger partial charge in [-0.15, -0.1) is 0 Å². The topological polar surface area (TPSA) is 121 Å². The third-order valence-electron chi connectivity index (χ3n) is 4.60. The summed E-state index contributed by atoms with van der Waals surface area (Å²) in [6.45, 7) is 0. The molecule has 0 aliphatic carbocycles. The maximum Gasteiger partial charge on any atom is 0.347 e. The minimum Gasteiger partial charge on any atom is -0.505 e. The monoisotopic (exact) mass is 347 g/mol. The van der Waals surface area contributed by atoms with Gasteiger partial charge in [-0.1, -0.05) is 18.2 Å². The van der Waals surface area contributed by atoms with Crippen molar-refractivity contribution in [3.63, 3.8) is 0 Å². The van der Waals surface area contributed by atoms with Gasteiger partial charge in [0.25, 0.3) is 5.95 Å². The summed E-state index contributed by atoms with van der Waals surface area (Å²) >= 11 is 0. The van der Waals surface area contributed by atoms with Crippen LogP contribution >= 0.6 is 0 Å². The van der Waals surface area contributed by atoms with Gasteiger partial charge >= 0.3 is 5.63 Å². The zero-order valence-electron chi connectivity index (χ0n) is 13.0. The molecule has 0 bridgehead atoms. The SMILES string of the molecule is O=c1cc2c(O)c3nc4ccccc4c3c3c(O)oc(=O)c3c2cc1O. The van der Waals surface area contributed by atoms with E-state index in [9.17, 15) is 24.9 Å². The van der Waals surface area contributed by atoms with Crippen molar-refractivity contribution in [2.75, 3.05) is 0 Å². The van der Waals surface area contributed by atoms with Gasteiger partial charge < -0.3 is 19.7 Å². The standard InChI is InChI=1S/C19H9NO6/c21-11-5-8-9(6-12(11)22)17(23)16-13(7-3-1-2-4-10(7)20-16)15-14(8)18(24)26-19(15)25/h1-6,21,23,25H. The molecule has 0 radical (unpaired) electrons. The Balaban J connectivity index is 2.31. The number of aromatic nitrogens is 1. The first-order chi connectivity index (χ1) is 12.5. The third-order valence-corrected chi connectivity index (χ3v) is 4.60. The zero-order valence-corrected chi connectivity index (χ0v) is 13.0. The lowest BCUT2D eigenvalue weighted by Gasteiger charge is -1.97. The quantitative estimate of drug-likeness (QED) is 0.393. The van der Waals surface area contributed by atoms with E-state index in [2.05, 4.69) is 4.98 Å². The molecular weight excluding hydrogens is 338 g/mol. The van der Waals surface area contributed by atoms with Gasteiger partial charge in [-0.2, -0.15) is 0 Å². The van der Waals surface area contributed by atoms with Gasteiger partial charge in [0.1, 0.15) is 11.3 Å². The Morgan fingerprint density at radius 2 is 1.62 bits per heavy atom. The van der Waals surface area contributed by atoms with E-state index in [1.54, 1.807) is 24.3 Å². The van der Waals surface area contributed by atoms with Gasteiger partial charge in [-0.25, -0.2) is 9.78 Å². The van der Waals surface area contributed by atoms with E-state index in [0.29, 0.717) is 16.3 Å². The molecule has 0 aliphatic rings. The highest BCUT2D eigenvalue weighted by Crippen LogP contribution is 2.43. The van der Waals surface area contributed by atoms with Crippen molar-refractivity contribution in [1.82, 2.24) is 4.98 Å². The van der Waals surface area contributed by atoms with E-state index in [1.165, 1.54) is 0 Å². The first kappa shape index (κ1) is 14.5. The Morgan fingerprint density at radius 3 is 2.42 bits per heavy atom. The summed E-state index contributed by atoms with van der Waals surface area (Å²) in [5, 5.41) is 31.9. The van der Waals surface area contributed by atoms with Gasteiger partial charge in [-0.3, -0.25) is 4.79 Å². The van der Waals surface area contributed by atoms with E-state index >= 15 is 0 Å². The molecule has 5 rings (SSSR count). The third kappa shape index (κ3) is 1.63. The minimum atomic E-state index is -0.845. The summed E-state index contributed by atoms with van der Waals surface area (Å²) in [4.78, 5) is 28.7. The molecule has 126 valence electrons. The number of fused-ring (bicyclic) bond motifs is 7. The molecule has 5 aromatic rings. The Hall–Kier alpha value is -3.87. The van der Waals surface area contributed by atoms with Crippen LogP contribution in [0.5, 0.6) is 17.4 Å². The van der Waals surface area contributed by atoms with Crippen molar-refractivity contribution < 1.29 is 19.7 Å². The number of hydrogen-bond acceptors (Lipinski definition) is 7. The van der Waals surface area contributed by atoms with Crippen LogP contribution in [-0.2, 0) is 0 Å². The fraction of sp³-hybridized carbons (Fsp3) is 0. The predicted octanol–water partition coefficient (Wildman–Crippen LogP) is 2.56. The summed E-state index contributed by atoms with van der Waals surface area (Å²) in [6, 6.07) is 9.10. The Bertz CT molecular complexity index is 1500. The molecule has 0 amide bonds. The number of benzene rings is 2. The average molecular weight is 347 g/mol. The number of aromatic hydroxyl groups is 3. The Morgan fingerprint density at radius 1 is 0.846 bits per heavy atom. The van der Waals surface area contributed by atoms with Gasteiger partial charge in [0, 0.05) is 27.6 Å². The van der Waals surface area contributed by atoms with E-state index < -0.39 is 22.8 Å². The van der Waals surface area contributed by atoms with Crippen molar-refractivity contribution in [3.8, 4) is 17.4 Å². The molecule has 0 fully saturated rings. The lowest BCUT2D eigenvalue weighted by Crippen LogP contribution is -1.98.